The second kappa shape index (κ2) is 14.5. The Labute approximate surface area is 177 Å². The molecule has 3 amide bonds. The first-order valence-corrected chi connectivity index (χ1v) is 9.22. The minimum Gasteiger partial charge on any atom is -0.481 e. The number of carboxylic acid groups (broad SMARTS) is 2. The quantitative estimate of drug-likeness (QED) is 0.0654. The molecule has 0 aromatic heterocycles. The number of hydrogen-bond donors (Lipinski definition) is 9. The lowest BCUT2D eigenvalue weighted by molar-refractivity contribution is -0.143. The van der Waals surface area contributed by atoms with Crippen LogP contribution in [0.5, 0.6) is 0 Å². The second-order valence-corrected chi connectivity index (χ2v) is 6.35. The third-order valence-corrected chi connectivity index (χ3v) is 3.86. The van der Waals surface area contributed by atoms with Crippen LogP contribution < -0.4 is 33.2 Å². The van der Waals surface area contributed by atoms with Crippen molar-refractivity contribution >= 4 is 35.6 Å². The average molecular weight is 447 g/mol. The molecule has 0 spiro atoms. The van der Waals surface area contributed by atoms with Crippen LogP contribution in [0.1, 0.15) is 25.7 Å². The number of aliphatic hydroxyl groups excluding tert-OH is 1. The maximum Gasteiger partial charge on any atom is 0.326 e. The summed E-state index contributed by atoms with van der Waals surface area (Å²) in [5, 5.41) is 33.8. The van der Waals surface area contributed by atoms with Gasteiger partial charge in [0, 0.05) is 13.0 Å². The molecule has 0 fully saturated rings. The Kier molecular flexibility index (Phi) is 12.9. The highest BCUT2D eigenvalue weighted by atomic mass is 16.4. The van der Waals surface area contributed by atoms with Crippen molar-refractivity contribution < 1.29 is 39.3 Å². The Morgan fingerprint density at radius 3 is 1.94 bits per heavy atom. The molecule has 3 atom stereocenters. The number of nitrogens with two attached hydrogens (primary N) is 3. The summed E-state index contributed by atoms with van der Waals surface area (Å²) in [5.41, 5.74) is 15.6. The largest absolute Gasteiger partial charge is 0.481 e. The monoisotopic (exact) mass is 447 g/mol. The molecule has 0 aliphatic carbocycles. The van der Waals surface area contributed by atoms with E-state index < -0.39 is 73.8 Å². The van der Waals surface area contributed by atoms with Crippen LogP contribution >= 0.6 is 0 Å². The molecule has 3 unspecified atom stereocenters. The third kappa shape index (κ3) is 12.0. The van der Waals surface area contributed by atoms with Gasteiger partial charge in [0.15, 0.2) is 5.96 Å². The van der Waals surface area contributed by atoms with Crippen LogP contribution in [0, 0.1) is 0 Å². The van der Waals surface area contributed by atoms with E-state index in [1.165, 1.54) is 0 Å². The van der Waals surface area contributed by atoms with Gasteiger partial charge in [-0.1, -0.05) is 0 Å². The molecule has 0 heterocycles. The van der Waals surface area contributed by atoms with Gasteiger partial charge in [-0.2, -0.15) is 0 Å². The molecule has 176 valence electrons. The molecule has 0 rings (SSSR count). The number of guanidine groups is 1. The van der Waals surface area contributed by atoms with Crippen molar-refractivity contribution in [2.75, 3.05) is 19.7 Å². The van der Waals surface area contributed by atoms with Gasteiger partial charge in [0.25, 0.3) is 0 Å². The van der Waals surface area contributed by atoms with E-state index in [0.717, 1.165) is 0 Å². The second-order valence-electron chi connectivity index (χ2n) is 6.35. The van der Waals surface area contributed by atoms with E-state index in [0.29, 0.717) is 0 Å². The fourth-order valence-electron chi connectivity index (χ4n) is 2.29. The number of nitrogens with zero attached hydrogens (tertiary/aromatic N) is 1. The van der Waals surface area contributed by atoms with E-state index in [9.17, 15) is 29.1 Å². The van der Waals surface area contributed by atoms with Crippen molar-refractivity contribution in [2.45, 2.75) is 43.8 Å². The maximum atomic E-state index is 12.5. The molecular weight excluding hydrogens is 418 g/mol. The fourth-order valence-corrected chi connectivity index (χ4v) is 2.29. The fraction of sp³-hybridized carbons (Fsp3) is 0.625. The molecule has 0 radical (unpaired) electrons. The Hall–Kier alpha value is -3.46. The highest BCUT2D eigenvalue weighted by Crippen LogP contribution is 2.02. The van der Waals surface area contributed by atoms with E-state index in [2.05, 4.69) is 20.9 Å². The maximum absolute atomic E-state index is 12.5. The molecule has 0 aliphatic heterocycles. The van der Waals surface area contributed by atoms with E-state index >= 15 is 0 Å². The highest BCUT2D eigenvalue weighted by molar-refractivity contribution is 5.93. The summed E-state index contributed by atoms with van der Waals surface area (Å²) >= 11 is 0. The Balaban J connectivity index is 5.11. The van der Waals surface area contributed by atoms with Crippen LogP contribution in [0.25, 0.3) is 0 Å². The number of amides is 3. The molecule has 0 aliphatic rings. The molecule has 0 saturated carbocycles. The summed E-state index contributed by atoms with van der Waals surface area (Å²) in [6.07, 6.45) is -0.559. The summed E-state index contributed by atoms with van der Waals surface area (Å²) in [4.78, 5) is 61.9. The Morgan fingerprint density at radius 2 is 1.45 bits per heavy atom. The zero-order valence-corrected chi connectivity index (χ0v) is 16.7. The standard InChI is InChI=1S/C16H29N7O8/c17-6-11(25)21-8(2-1-5-20-16(18)19)13(28)23-10(7-24)14(29)22-9(15(30)31)3-4-12(26)27/h8-10,24H,1-7,17H2,(H,21,25)(H,22,29)(H,23,28)(H,26,27)(H,30,31)(H4,18,19,20). The number of carboxylic acids is 2. The summed E-state index contributed by atoms with van der Waals surface area (Å²) in [6, 6.07) is -4.22. The van der Waals surface area contributed by atoms with Crippen molar-refractivity contribution in [1.29, 1.82) is 0 Å². The summed E-state index contributed by atoms with van der Waals surface area (Å²) in [6.45, 7) is -1.11. The van der Waals surface area contributed by atoms with Gasteiger partial charge < -0.3 is 48.5 Å². The first-order valence-electron chi connectivity index (χ1n) is 9.22. The van der Waals surface area contributed by atoms with Crippen LogP contribution in [-0.2, 0) is 24.0 Å². The smallest absolute Gasteiger partial charge is 0.326 e. The molecular formula is C16H29N7O8. The van der Waals surface area contributed by atoms with Gasteiger partial charge in [-0.25, -0.2) is 4.79 Å². The molecule has 0 aromatic rings. The minimum absolute atomic E-state index is 0.0739. The van der Waals surface area contributed by atoms with Crippen molar-refractivity contribution in [3.8, 4) is 0 Å². The molecule has 0 aromatic carbocycles. The van der Waals surface area contributed by atoms with Crippen LogP contribution in [0.2, 0.25) is 0 Å². The Morgan fingerprint density at radius 1 is 0.871 bits per heavy atom. The lowest BCUT2D eigenvalue weighted by Crippen LogP contribution is -2.57. The number of hydrogen-bond acceptors (Lipinski definition) is 8. The molecule has 15 nitrogen and oxygen atoms in total. The van der Waals surface area contributed by atoms with Gasteiger partial charge >= 0.3 is 11.9 Å². The number of aliphatic carboxylic acids is 2. The third-order valence-electron chi connectivity index (χ3n) is 3.86. The van der Waals surface area contributed by atoms with Crippen molar-refractivity contribution in [2.24, 2.45) is 22.2 Å². The predicted molar refractivity (Wildman–Crippen MR) is 106 cm³/mol. The zero-order chi connectivity index (χ0) is 24.0. The normalized spacial score (nSPS) is 13.2. The summed E-state index contributed by atoms with van der Waals surface area (Å²) in [5.74, 6) is -5.42. The summed E-state index contributed by atoms with van der Waals surface area (Å²) in [7, 11) is 0. The number of nitrogens with one attached hydrogen (secondary N) is 3. The van der Waals surface area contributed by atoms with E-state index in [1.807, 2.05) is 0 Å². The molecule has 12 N–H and O–H groups in total. The first kappa shape index (κ1) is 27.5. The number of aliphatic hydroxyl groups is 1. The summed E-state index contributed by atoms with van der Waals surface area (Å²) < 4.78 is 0. The SMILES string of the molecule is NCC(=O)NC(CCCN=C(N)N)C(=O)NC(CO)C(=O)NC(CCC(=O)O)C(=O)O. The van der Waals surface area contributed by atoms with Gasteiger partial charge in [0.1, 0.15) is 18.1 Å². The average Bonchev–Trinajstić information content (AvgIpc) is 2.70. The molecule has 0 saturated heterocycles. The zero-order valence-electron chi connectivity index (χ0n) is 16.7. The predicted octanol–water partition coefficient (Wildman–Crippen LogP) is -4.61. The molecule has 0 bridgehead atoms. The van der Waals surface area contributed by atoms with Gasteiger partial charge in [0.2, 0.25) is 17.7 Å². The number of carbonyl (C=O) groups is 5. The van der Waals surface area contributed by atoms with Crippen molar-refractivity contribution in [3.63, 3.8) is 0 Å². The van der Waals surface area contributed by atoms with Gasteiger partial charge in [-0.15, -0.1) is 0 Å². The number of rotatable bonds is 15. The number of carbonyl (C=O) groups excluding carboxylic acids is 3. The van der Waals surface area contributed by atoms with Gasteiger partial charge in [-0.3, -0.25) is 24.2 Å². The van der Waals surface area contributed by atoms with Crippen LogP contribution in [0.4, 0.5) is 0 Å². The number of aliphatic imine (C=N–C) groups is 1. The lowest BCUT2D eigenvalue weighted by atomic mass is 10.1. The van der Waals surface area contributed by atoms with E-state index in [1.54, 1.807) is 0 Å². The first-order chi connectivity index (χ1) is 14.5. The lowest BCUT2D eigenvalue weighted by Gasteiger charge is -2.23. The van der Waals surface area contributed by atoms with Gasteiger partial charge in [-0.05, 0) is 19.3 Å². The van der Waals surface area contributed by atoms with Crippen LogP contribution in [0.3, 0.4) is 0 Å². The molecule has 31 heavy (non-hydrogen) atoms. The van der Waals surface area contributed by atoms with Crippen molar-refractivity contribution in [1.82, 2.24) is 16.0 Å². The van der Waals surface area contributed by atoms with Crippen LogP contribution in [0.15, 0.2) is 4.99 Å². The minimum atomic E-state index is -1.55. The molecule has 15 heteroatoms. The van der Waals surface area contributed by atoms with Crippen LogP contribution in [-0.4, -0.2) is 88.8 Å². The van der Waals surface area contributed by atoms with E-state index in [4.69, 9.17) is 27.4 Å². The highest BCUT2D eigenvalue weighted by Gasteiger charge is 2.29. The Bertz CT molecular complexity index is 681. The topological polar surface area (TPSA) is 273 Å². The van der Waals surface area contributed by atoms with E-state index in [-0.39, 0.29) is 25.3 Å². The van der Waals surface area contributed by atoms with Crippen molar-refractivity contribution in [3.05, 3.63) is 0 Å². The van der Waals surface area contributed by atoms with Gasteiger partial charge in [0.05, 0.1) is 13.2 Å².